The third-order valence-electron chi connectivity index (χ3n) is 2.95. The average Bonchev–Trinajstić information content (AvgIpc) is 2.35. The molecule has 19 heavy (non-hydrogen) atoms. The quantitative estimate of drug-likeness (QED) is 0.567. The summed E-state index contributed by atoms with van der Waals surface area (Å²) in [5.41, 5.74) is 0.931. The number of carbonyl (C=O) groups excluding carboxylic acids is 2. The number of hydrogen-bond acceptors (Lipinski definition) is 4. The van der Waals surface area contributed by atoms with E-state index in [4.69, 9.17) is 5.26 Å². The summed E-state index contributed by atoms with van der Waals surface area (Å²) >= 11 is 0. The predicted molar refractivity (Wildman–Crippen MR) is 71.7 cm³/mol. The average molecular weight is 261 g/mol. The second kappa shape index (κ2) is 6.19. The first-order chi connectivity index (χ1) is 8.93. The molecule has 1 rings (SSSR count). The zero-order chi connectivity index (χ0) is 14.6. The molecular formula is C14H19N3O2. The maximum absolute atomic E-state index is 12.3. The molecule has 0 unspecified atom stereocenters. The highest BCUT2D eigenvalue weighted by atomic mass is 16.2. The first-order valence-corrected chi connectivity index (χ1v) is 6.29. The summed E-state index contributed by atoms with van der Waals surface area (Å²) in [7, 11) is 3.60. The Balaban J connectivity index is 3.27. The van der Waals surface area contributed by atoms with E-state index in [-0.39, 0.29) is 11.5 Å². The number of imide groups is 1. The fraction of sp³-hybridized carbons (Fsp3) is 0.500. The minimum atomic E-state index is -0.477. The highest BCUT2D eigenvalue weighted by molar-refractivity contribution is 6.18. The first-order valence-electron chi connectivity index (χ1n) is 6.29. The molecule has 102 valence electrons. The summed E-state index contributed by atoms with van der Waals surface area (Å²) in [4.78, 5) is 27.3. The van der Waals surface area contributed by atoms with Crippen LogP contribution in [0.1, 0.15) is 26.7 Å². The molecule has 0 bridgehead atoms. The van der Waals surface area contributed by atoms with Crippen molar-refractivity contribution in [1.82, 2.24) is 9.80 Å². The van der Waals surface area contributed by atoms with Gasteiger partial charge in [0.2, 0.25) is 0 Å². The fourth-order valence-electron chi connectivity index (χ4n) is 1.89. The second-order valence-electron chi connectivity index (χ2n) is 4.73. The van der Waals surface area contributed by atoms with Crippen LogP contribution in [0.3, 0.4) is 0 Å². The molecule has 0 atom stereocenters. The van der Waals surface area contributed by atoms with Gasteiger partial charge in [-0.2, -0.15) is 5.26 Å². The Labute approximate surface area is 113 Å². The third kappa shape index (κ3) is 3.02. The van der Waals surface area contributed by atoms with E-state index in [0.717, 1.165) is 12.8 Å². The topological polar surface area (TPSA) is 64.4 Å². The van der Waals surface area contributed by atoms with Gasteiger partial charge in [-0.15, -0.1) is 0 Å². The van der Waals surface area contributed by atoms with Gasteiger partial charge in [0.25, 0.3) is 11.8 Å². The Morgan fingerprint density at radius 3 is 2.42 bits per heavy atom. The monoisotopic (exact) mass is 261 g/mol. The van der Waals surface area contributed by atoms with Crippen molar-refractivity contribution in [2.45, 2.75) is 26.7 Å². The van der Waals surface area contributed by atoms with E-state index in [0.29, 0.717) is 17.7 Å². The number of carbonyl (C=O) groups is 2. The van der Waals surface area contributed by atoms with Gasteiger partial charge in [0, 0.05) is 26.8 Å². The van der Waals surface area contributed by atoms with E-state index in [2.05, 4.69) is 0 Å². The van der Waals surface area contributed by atoms with Crippen molar-refractivity contribution in [2.24, 2.45) is 0 Å². The Kier molecular flexibility index (Phi) is 4.87. The van der Waals surface area contributed by atoms with Crippen LogP contribution in [0.25, 0.3) is 0 Å². The summed E-state index contributed by atoms with van der Waals surface area (Å²) in [5.74, 6) is -0.794. The number of amides is 2. The SMILES string of the molecule is CCCCN1C(=O)C(=CN(C)C)C(C)=C(C#N)C1=O. The molecular weight excluding hydrogens is 242 g/mol. The van der Waals surface area contributed by atoms with Gasteiger partial charge in [-0.1, -0.05) is 13.3 Å². The molecule has 0 aliphatic carbocycles. The highest BCUT2D eigenvalue weighted by Gasteiger charge is 2.35. The van der Waals surface area contributed by atoms with Crippen LogP contribution in [-0.4, -0.2) is 42.3 Å². The predicted octanol–water partition coefficient (Wildman–Crippen LogP) is 1.44. The van der Waals surface area contributed by atoms with Gasteiger partial charge in [-0.05, 0) is 18.9 Å². The number of hydrogen-bond donors (Lipinski definition) is 0. The van der Waals surface area contributed by atoms with Crippen LogP contribution in [0.15, 0.2) is 22.9 Å². The molecule has 1 heterocycles. The van der Waals surface area contributed by atoms with E-state index in [9.17, 15) is 9.59 Å². The molecule has 0 fully saturated rings. The second-order valence-corrected chi connectivity index (χ2v) is 4.73. The lowest BCUT2D eigenvalue weighted by Crippen LogP contribution is -2.43. The van der Waals surface area contributed by atoms with E-state index >= 15 is 0 Å². The van der Waals surface area contributed by atoms with Crippen LogP contribution in [-0.2, 0) is 9.59 Å². The molecule has 0 aromatic heterocycles. The lowest BCUT2D eigenvalue weighted by atomic mass is 9.96. The van der Waals surface area contributed by atoms with Crippen LogP contribution < -0.4 is 0 Å². The molecule has 0 N–H and O–H groups in total. The molecule has 2 amide bonds. The van der Waals surface area contributed by atoms with Gasteiger partial charge in [0.05, 0.1) is 5.57 Å². The zero-order valence-electron chi connectivity index (χ0n) is 11.9. The van der Waals surface area contributed by atoms with Crippen LogP contribution in [0.2, 0.25) is 0 Å². The number of nitriles is 1. The van der Waals surface area contributed by atoms with Gasteiger partial charge < -0.3 is 4.90 Å². The van der Waals surface area contributed by atoms with Crippen molar-refractivity contribution < 1.29 is 9.59 Å². The van der Waals surface area contributed by atoms with Crippen LogP contribution in [0, 0.1) is 11.3 Å². The summed E-state index contributed by atoms with van der Waals surface area (Å²) in [6, 6.07) is 1.91. The van der Waals surface area contributed by atoms with E-state index in [1.54, 1.807) is 32.1 Å². The summed E-state index contributed by atoms with van der Waals surface area (Å²) < 4.78 is 0. The largest absolute Gasteiger partial charge is 0.383 e. The van der Waals surface area contributed by atoms with Crippen molar-refractivity contribution in [3.8, 4) is 6.07 Å². The maximum Gasteiger partial charge on any atom is 0.271 e. The molecule has 0 aromatic rings. The maximum atomic E-state index is 12.3. The minimum Gasteiger partial charge on any atom is -0.383 e. The van der Waals surface area contributed by atoms with E-state index in [1.807, 2.05) is 13.0 Å². The molecule has 5 nitrogen and oxygen atoms in total. The fourth-order valence-corrected chi connectivity index (χ4v) is 1.89. The Morgan fingerprint density at radius 2 is 1.95 bits per heavy atom. The number of unbranched alkanes of at least 4 members (excludes halogenated alkanes) is 1. The van der Waals surface area contributed by atoms with Gasteiger partial charge in [0.15, 0.2) is 0 Å². The standard InChI is InChI=1S/C14H19N3O2/c1-5-6-7-17-13(18)11(8-15)10(2)12(14(17)19)9-16(3)4/h9H,5-7H2,1-4H3. The van der Waals surface area contributed by atoms with Gasteiger partial charge in [-0.25, -0.2) is 0 Å². The minimum absolute atomic E-state index is 0.0591. The van der Waals surface area contributed by atoms with Gasteiger partial charge in [-0.3, -0.25) is 14.5 Å². The lowest BCUT2D eigenvalue weighted by Gasteiger charge is -2.27. The van der Waals surface area contributed by atoms with Crippen molar-refractivity contribution in [3.05, 3.63) is 22.9 Å². The van der Waals surface area contributed by atoms with Crippen molar-refractivity contribution in [3.63, 3.8) is 0 Å². The van der Waals surface area contributed by atoms with Crippen molar-refractivity contribution in [2.75, 3.05) is 20.6 Å². The van der Waals surface area contributed by atoms with E-state index < -0.39 is 5.91 Å². The van der Waals surface area contributed by atoms with Crippen molar-refractivity contribution in [1.29, 1.82) is 5.26 Å². The van der Waals surface area contributed by atoms with Crippen LogP contribution >= 0.6 is 0 Å². The van der Waals surface area contributed by atoms with Crippen LogP contribution in [0.5, 0.6) is 0 Å². The Morgan fingerprint density at radius 1 is 1.32 bits per heavy atom. The summed E-state index contributed by atoms with van der Waals surface area (Å²) in [5, 5.41) is 9.11. The smallest absolute Gasteiger partial charge is 0.271 e. The third-order valence-corrected chi connectivity index (χ3v) is 2.95. The Bertz CT molecular complexity index is 495. The molecule has 1 aliphatic heterocycles. The van der Waals surface area contributed by atoms with E-state index in [1.165, 1.54) is 4.90 Å². The first kappa shape index (κ1) is 15.0. The highest BCUT2D eigenvalue weighted by Crippen LogP contribution is 2.25. The summed E-state index contributed by atoms with van der Waals surface area (Å²) in [6.07, 6.45) is 3.28. The number of rotatable bonds is 4. The van der Waals surface area contributed by atoms with Gasteiger partial charge >= 0.3 is 0 Å². The molecule has 0 saturated heterocycles. The van der Waals surface area contributed by atoms with Gasteiger partial charge in [0.1, 0.15) is 11.6 Å². The molecule has 0 aromatic carbocycles. The molecule has 0 saturated carbocycles. The molecule has 1 aliphatic rings. The number of nitrogens with zero attached hydrogens (tertiary/aromatic N) is 3. The van der Waals surface area contributed by atoms with Crippen LogP contribution in [0.4, 0.5) is 0 Å². The Hall–Kier alpha value is -2.09. The molecule has 0 radical (unpaired) electrons. The normalized spacial score (nSPS) is 18.1. The zero-order valence-corrected chi connectivity index (χ0v) is 11.9. The molecule has 5 heteroatoms. The lowest BCUT2D eigenvalue weighted by molar-refractivity contribution is -0.140. The molecule has 0 spiro atoms. The summed E-state index contributed by atoms with van der Waals surface area (Å²) in [6.45, 7) is 3.99. The van der Waals surface area contributed by atoms with Crippen molar-refractivity contribution >= 4 is 11.8 Å².